The van der Waals surface area contributed by atoms with Crippen molar-refractivity contribution in [2.45, 2.75) is 26.3 Å². The Bertz CT molecular complexity index is 492. The SMILES string of the molecule is CC(C)[C@H](N)C(=O)NCCCNC(=O)c1cccc(Br)c1. The second-order valence-corrected chi connectivity index (χ2v) is 6.10. The van der Waals surface area contributed by atoms with Crippen molar-refractivity contribution in [2.75, 3.05) is 13.1 Å². The maximum Gasteiger partial charge on any atom is 0.251 e. The zero-order chi connectivity index (χ0) is 15.8. The third kappa shape index (κ3) is 6.27. The maximum absolute atomic E-state index is 11.9. The molecule has 6 heteroatoms. The smallest absolute Gasteiger partial charge is 0.251 e. The number of hydrogen-bond donors (Lipinski definition) is 3. The molecule has 0 fully saturated rings. The highest BCUT2D eigenvalue weighted by Gasteiger charge is 2.16. The summed E-state index contributed by atoms with van der Waals surface area (Å²) in [6, 6.07) is 6.71. The second-order valence-electron chi connectivity index (χ2n) is 5.18. The molecule has 0 bridgehead atoms. The van der Waals surface area contributed by atoms with E-state index < -0.39 is 6.04 Å². The Morgan fingerprint density at radius 1 is 1.24 bits per heavy atom. The molecule has 4 N–H and O–H groups in total. The lowest BCUT2D eigenvalue weighted by Gasteiger charge is -2.15. The summed E-state index contributed by atoms with van der Waals surface area (Å²) in [6.07, 6.45) is 0.663. The molecule has 1 aromatic carbocycles. The first kappa shape index (κ1) is 17.7. The van der Waals surface area contributed by atoms with Crippen LogP contribution in [0.1, 0.15) is 30.6 Å². The number of hydrogen-bond acceptors (Lipinski definition) is 3. The van der Waals surface area contributed by atoms with E-state index >= 15 is 0 Å². The molecule has 0 saturated carbocycles. The van der Waals surface area contributed by atoms with E-state index in [0.717, 1.165) is 4.47 Å². The highest BCUT2D eigenvalue weighted by molar-refractivity contribution is 9.10. The van der Waals surface area contributed by atoms with Gasteiger partial charge in [0.15, 0.2) is 0 Å². The summed E-state index contributed by atoms with van der Waals surface area (Å²) in [6.45, 7) is 4.81. The molecule has 0 unspecified atom stereocenters. The minimum atomic E-state index is -0.485. The summed E-state index contributed by atoms with van der Waals surface area (Å²) in [5.41, 5.74) is 6.33. The van der Waals surface area contributed by atoms with Crippen molar-refractivity contribution in [1.82, 2.24) is 10.6 Å². The average Bonchev–Trinajstić information content (AvgIpc) is 2.45. The fourth-order valence-electron chi connectivity index (χ4n) is 1.65. The molecule has 116 valence electrons. The molecule has 2 amide bonds. The highest BCUT2D eigenvalue weighted by atomic mass is 79.9. The molecule has 21 heavy (non-hydrogen) atoms. The van der Waals surface area contributed by atoms with Crippen molar-refractivity contribution < 1.29 is 9.59 Å². The van der Waals surface area contributed by atoms with Gasteiger partial charge in [0.1, 0.15) is 0 Å². The summed E-state index contributed by atoms with van der Waals surface area (Å²) in [4.78, 5) is 23.5. The Labute approximate surface area is 133 Å². The summed E-state index contributed by atoms with van der Waals surface area (Å²) < 4.78 is 0.866. The summed E-state index contributed by atoms with van der Waals surface area (Å²) in [5, 5.41) is 5.57. The summed E-state index contributed by atoms with van der Waals surface area (Å²) in [7, 11) is 0. The molecule has 1 atom stereocenters. The quantitative estimate of drug-likeness (QED) is 0.650. The van der Waals surface area contributed by atoms with E-state index in [9.17, 15) is 9.59 Å². The van der Waals surface area contributed by atoms with E-state index in [1.165, 1.54) is 0 Å². The molecule has 1 aromatic rings. The van der Waals surface area contributed by atoms with Gasteiger partial charge in [0.05, 0.1) is 6.04 Å². The molecular formula is C15H22BrN3O2. The molecule has 0 aliphatic heterocycles. The number of amides is 2. The molecule has 5 nitrogen and oxygen atoms in total. The van der Waals surface area contributed by atoms with Crippen LogP contribution in [0.2, 0.25) is 0 Å². The number of halogens is 1. The predicted molar refractivity (Wildman–Crippen MR) is 86.9 cm³/mol. The van der Waals surface area contributed by atoms with E-state index in [-0.39, 0.29) is 17.7 Å². The van der Waals surface area contributed by atoms with Gasteiger partial charge in [-0.3, -0.25) is 9.59 Å². The third-order valence-electron chi connectivity index (χ3n) is 3.05. The van der Waals surface area contributed by atoms with Gasteiger partial charge >= 0.3 is 0 Å². The minimum absolute atomic E-state index is 0.112. The normalized spacial score (nSPS) is 12.0. The molecule has 0 radical (unpaired) electrons. The van der Waals surface area contributed by atoms with Gasteiger partial charge in [-0.1, -0.05) is 35.8 Å². The number of carbonyl (C=O) groups excluding carboxylic acids is 2. The third-order valence-corrected chi connectivity index (χ3v) is 3.54. The van der Waals surface area contributed by atoms with Crippen LogP contribution in [-0.4, -0.2) is 30.9 Å². The topological polar surface area (TPSA) is 84.2 Å². The van der Waals surface area contributed by atoms with Crippen LogP contribution < -0.4 is 16.4 Å². The van der Waals surface area contributed by atoms with Crippen molar-refractivity contribution in [3.63, 3.8) is 0 Å². The van der Waals surface area contributed by atoms with Crippen molar-refractivity contribution >= 4 is 27.7 Å². The van der Waals surface area contributed by atoms with E-state index in [1.54, 1.807) is 12.1 Å². The summed E-state index contributed by atoms with van der Waals surface area (Å²) in [5.74, 6) is -0.161. The highest BCUT2D eigenvalue weighted by Crippen LogP contribution is 2.11. The largest absolute Gasteiger partial charge is 0.355 e. The lowest BCUT2D eigenvalue weighted by atomic mass is 10.1. The van der Waals surface area contributed by atoms with Crippen LogP contribution in [0.4, 0.5) is 0 Å². The average molecular weight is 356 g/mol. The Kier molecular flexibility index (Phi) is 7.39. The van der Waals surface area contributed by atoms with Crippen LogP contribution in [0, 0.1) is 5.92 Å². The molecule has 0 aromatic heterocycles. The minimum Gasteiger partial charge on any atom is -0.355 e. The van der Waals surface area contributed by atoms with Gasteiger partial charge in [-0.05, 0) is 30.5 Å². The summed E-state index contributed by atoms with van der Waals surface area (Å²) >= 11 is 3.33. The van der Waals surface area contributed by atoms with Gasteiger partial charge in [-0.2, -0.15) is 0 Å². The molecule has 0 saturated heterocycles. The van der Waals surface area contributed by atoms with Crippen molar-refractivity contribution in [2.24, 2.45) is 11.7 Å². The molecule has 1 rings (SSSR count). The molecule has 0 heterocycles. The predicted octanol–water partition coefficient (Wildman–Crippen LogP) is 1.67. The molecule has 0 aliphatic rings. The van der Waals surface area contributed by atoms with Crippen LogP contribution in [0.15, 0.2) is 28.7 Å². The number of benzene rings is 1. The van der Waals surface area contributed by atoms with Crippen molar-refractivity contribution in [3.8, 4) is 0 Å². The standard InChI is InChI=1S/C15H22BrN3O2/c1-10(2)13(17)15(21)19-8-4-7-18-14(20)11-5-3-6-12(16)9-11/h3,5-6,9-10,13H,4,7-8,17H2,1-2H3,(H,18,20)(H,19,21)/t13-/m0/s1. The number of carbonyl (C=O) groups is 2. The lowest BCUT2D eigenvalue weighted by Crippen LogP contribution is -2.44. The van der Waals surface area contributed by atoms with Crippen LogP contribution in [0.3, 0.4) is 0 Å². The van der Waals surface area contributed by atoms with Gasteiger partial charge in [0, 0.05) is 23.1 Å². The van der Waals surface area contributed by atoms with E-state index in [4.69, 9.17) is 5.73 Å². The zero-order valence-corrected chi connectivity index (χ0v) is 13.9. The van der Waals surface area contributed by atoms with Crippen LogP contribution in [0.5, 0.6) is 0 Å². The van der Waals surface area contributed by atoms with Crippen molar-refractivity contribution in [1.29, 1.82) is 0 Å². The van der Waals surface area contributed by atoms with E-state index in [2.05, 4.69) is 26.6 Å². The van der Waals surface area contributed by atoms with Crippen molar-refractivity contribution in [3.05, 3.63) is 34.3 Å². The van der Waals surface area contributed by atoms with Gasteiger partial charge in [0.25, 0.3) is 5.91 Å². The Morgan fingerprint density at radius 2 is 1.90 bits per heavy atom. The number of rotatable bonds is 7. The zero-order valence-electron chi connectivity index (χ0n) is 12.4. The van der Waals surface area contributed by atoms with Gasteiger partial charge in [0.2, 0.25) is 5.91 Å². The first-order chi connectivity index (χ1) is 9.91. The first-order valence-corrected chi connectivity index (χ1v) is 7.78. The fourth-order valence-corrected chi connectivity index (χ4v) is 2.05. The fraction of sp³-hybridized carbons (Fsp3) is 0.467. The Morgan fingerprint density at radius 3 is 2.52 bits per heavy atom. The number of nitrogens with one attached hydrogen (secondary N) is 2. The molecule has 0 spiro atoms. The van der Waals surface area contributed by atoms with Gasteiger partial charge in [-0.15, -0.1) is 0 Å². The van der Waals surface area contributed by atoms with Gasteiger partial charge < -0.3 is 16.4 Å². The van der Waals surface area contributed by atoms with E-state index in [0.29, 0.717) is 25.1 Å². The number of nitrogens with two attached hydrogens (primary N) is 1. The molecular weight excluding hydrogens is 334 g/mol. The van der Waals surface area contributed by atoms with Crippen LogP contribution in [0.25, 0.3) is 0 Å². The van der Waals surface area contributed by atoms with Gasteiger partial charge in [-0.25, -0.2) is 0 Å². The Balaban J connectivity index is 2.23. The monoisotopic (exact) mass is 355 g/mol. The van der Waals surface area contributed by atoms with Crippen LogP contribution in [-0.2, 0) is 4.79 Å². The first-order valence-electron chi connectivity index (χ1n) is 6.99. The Hall–Kier alpha value is -1.40. The maximum atomic E-state index is 11.9. The van der Waals surface area contributed by atoms with E-state index in [1.807, 2.05) is 26.0 Å². The second kappa shape index (κ2) is 8.79. The lowest BCUT2D eigenvalue weighted by molar-refractivity contribution is -0.123. The molecule has 0 aliphatic carbocycles. The van der Waals surface area contributed by atoms with Crippen LogP contribution >= 0.6 is 15.9 Å².